The highest BCUT2D eigenvalue weighted by Crippen LogP contribution is 2.37. The molecule has 0 spiro atoms. The fraction of sp³-hybridized carbons (Fsp3) is 0.571. The SMILES string of the molecule is CC(C)(C)Sc1cc1=S. The van der Waals surface area contributed by atoms with Gasteiger partial charge in [0.15, 0.2) is 0 Å². The van der Waals surface area contributed by atoms with E-state index in [1.165, 1.54) is 4.90 Å². The summed E-state index contributed by atoms with van der Waals surface area (Å²) in [7, 11) is 0. The van der Waals surface area contributed by atoms with Crippen LogP contribution in [0.5, 0.6) is 0 Å². The first-order valence-electron chi connectivity index (χ1n) is 2.94. The standard InChI is InChI=1S/C7H10S2/c1-7(2,3)9-6-4-5(6)8/h4H,1-3H3. The predicted octanol–water partition coefficient (Wildman–Crippen LogP) is 3.18. The molecule has 0 N–H and O–H groups in total. The molecule has 1 rings (SSSR count). The highest BCUT2D eigenvalue weighted by molar-refractivity contribution is 8.01. The molecule has 0 unspecified atom stereocenters. The number of hydrogen-bond acceptors (Lipinski definition) is 2. The molecule has 9 heavy (non-hydrogen) atoms. The van der Waals surface area contributed by atoms with Gasteiger partial charge in [0.25, 0.3) is 0 Å². The van der Waals surface area contributed by atoms with Gasteiger partial charge in [-0.2, -0.15) is 0 Å². The molecule has 0 bridgehead atoms. The molecule has 0 nitrogen and oxygen atoms in total. The van der Waals surface area contributed by atoms with Crippen molar-refractivity contribution in [2.75, 3.05) is 0 Å². The van der Waals surface area contributed by atoms with E-state index in [-0.39, 0.29) is 0 Å². The Bertz CT molecular complexity index is 210. The second-order valence-corrected chi connectivity index (χ2v) is 5.40. The van der Waals surface area contributed by atoms with Gasteiger partial charge >= 0.3 is 0 Å². The smallest absolute Gasteiger partial charge is 0.0525 e. The van der Waals surface area contributed by atoms with Crippen LogP contribution < -0.4 is 0 Å². The Balaban J connectivity index is 2.47. The third kappa shape index (κ3) is 2.50. The molecule has 0 atom stereocenters. The molecule has 0 amide bonds. The number of hydrogen-bond donors (Lipinski definition) is 0. The second-order valence-electron chi connectivity index (χ2n) is 3.09. The van der Waals surface area contributed by atoms with E-state index in [9.17, 15) is 0 Å². The molecule has 0 saturated carbocycles. The van der Waals surface area contributed by atoms with E-state index in [0.29, 0.717) is 4.75 Å². The van der Waals surface area contributed by atoms with Gasteiger partial charge in [0.05, 0.1) is 4.51 Å². The summed E-state index contributed by atoms with van der Waals surface area (Å²) in [6.45, 7) is 6.58. The maximum Gasteiger partial charge on any atom is 0.0525 e. The molecule has 0 aromatic heterocycles. The zero-order chi connectivity index (χ0) is 7.07. The Hall–Kier alpha value is 0.180. The van der Waals surface area contributed by atoms with E-state index in [1.54, 1.807) is 0 Å². The van der Waals surface area contributed by atoms with Crippen LogP contribution in [0.4, 0.5) is 0 Å². The third-order valence-corrected chi connectivity index (χ3v) is 2.47. The number of thioether (sulfide) groups is 1. The van der Waals surface area contributed by atoms with Crippen LogP contribution >= 0.6 is 24.0 Å². The van der Waals surface area contributed by atoms with E-state index in [1.807, 2.05) is 17.8 Å². The molecule has 1 aromatic carbocycles. The second kappa shape index (κ2) is 2.10. The normalized spacial score (nSPS) is 12.8. The summed E-state index contributed by atoms with van der Waals surface area (Å²) >= 11 is 6.77. The number of rotatable bonds is 1. The quantitative estimate of drug-likeness (QED) is 0.455. The van der Waals surface area contributed by atoms with Crippen molar-refractivity contribution in [3.63, 3.8) is 0 Å². The van der Waals surface area contributed by atoms with E-state index >= 15 is 0 Å². The maximum atomic E-state index is 4.92. The van der Waals surface area contributed by atoms with Crippen molar-refractivity contribution in [2.24, 2.45) is 0 Å². The summed E-state index contributed by atoms with van der Waals surface area (Å²) in [5.41, 5.74) is 0. The van der Waals surface area contributed by atoms with Crippen molar-refractivity contribution in [3.05, 3.63) is 10.6 Å². The minimum atomic E-state index is 0.326. The molecular weight excluding hydrogens is 148 g/mol. The van der Waals surface area contributed by atoms with Crippen LogP contribution in [0.2, 0.25) is 0 Å². The van der Waals surface area contributed by atoms with Crippen LogP contribution in [0.15, 0.2) is 11.0 Å². The first kappa shape index (κ1) is 7.29. The van der Waals surface area contributed by atoms with Gasteiger partial charge in [0, 0.05) is 9.64 Å². The van der Waals surface area contributed by atoms with Gasteiger partial charge in [0.2, 0.25) is 0 Å². The molecule has 0 aliphatic carbocycles. The maximum absolute atomic E-state index is 4.92. The Morgan fingerprint density at radius 3 is 2.00 bits per heavy atom. The molecule has 0 aliphatic rings. The topological polar surface area (TPSA) is 0 Å². The molecule has 0 fully saturated rings. The van der Waals surface area contributed by atoms with Gasteiger partial charge in [-0.05, 0) is 6.07 Å². The van der Waals surface area contributed by atoms with Crippen molar-refractivity contribution < 1.29 is 0 Å². The lowest BCUT2D eigenvalue weighted by Gasteiger charge is -2.13. The van der Waals surface area contributed by atoms with Crippen molar-refractivity contribution in [1.29, 1.82) is 0 Å². The van der Waals surface area contributed by atoms with Gasteiger partial charge in [0.1, 0.15) is 0 Å². The van der Waals surface area contributed by atoms with Crippen LogP contribution in [0.1, 0.15) is 20.8 Å². The third-order valence-electron chi connectivity index (χ3n) is 0.838. The molecule has 0 radical (unpaired) electrons. The zero-order valence-electron chi connectivity index (χ0n) is 5.89. The molecule has 0 aliphatic heterocycles. The van der Waals surface area contributed by atoms with Crippen LogP contribution in [0, 0.1) is 4.51 Å². The van der Waals surface area contributed by atoms with Gasteiger partial charge < -0.3 is 0 Å². The largest absolute Gasteiger partial charge is 0.119 e. The summed E-state index contributed by atoms with van der Waals surface area (Å²) in [5.74, 6) is 0. The minimum absolute atomic E-state index is 0.326. The van der Waals surface area contributed by atoms with Gasteiger partial charge in [-0.15, -0.1) is 11.8 Å². The van der Waals surface area contributed by atoms with Crippen LogP contribution in [-0.2, 0) is 0 Å². The predicted molar refractivity (Wildman–Crippen MR) is 45.3 cm³/mol. The lowest BCUT2D eigenvalue weighted by atomic mass is 10.3. The molecule has 2 heteroatoms. The molecule has 50 valence electrons. The van der Waals surface area contributed by atoms with E-state index in [4.69, 9.17) is 12.2 Å². The van der Waals surface area contributed by atoms with Gasteiger partial charge in [-0.25, -0.2) is 0 Å². The Morgan fingerprint density at radius 2 is 1.89 bits per heavy atom. The van der Waals surface area contributed by atoms with Gasteiger partial charge in [-0.1, -0.05) is 33.0 Å². The first-order valence-corrected chi connectivity index (χ1v) is 4.16. The van der Waals surface area contributed by atoms with Crippen molar-refractivity contribution in [1.82, 2.24) is 0 Å². The fourth-order valence-electron chi connectivity index (χ4n) is 0.493. The highest BCUT2D eigenvalue weighted by atomic mass is 32.2. The van der Waals surface area contributed by atoms with Crippen LogP contribution in [0.3, 0.4) is 0 Å². The summed E-state index contributed by atoms with van der Waals surface area (Å²) in [6, 6.07) is 2.05. The summed E-state index contributed by atoms with van der Waals surface area (Å²) in [6.07, 6.45) is 0. The lowest BCUT2D eigenvalue weighted by molar-refractivity contribution is 0.804. The van der Waals surface area contributed by atoms with Crippen LogP contribution in [0.25, 0.3) is 0 Å². The van der Waals surface area contributed by atoms with Crippen LogP contribution in [-0.4, -0.2) is 4.75 Å². The van der Waals surface area contributed by atoms with Crippen molar-refractivity contribution >= 4 is 24.0 Å². The van der Waals surface area contributed by atoms with E-state index < -0.39 is 0 Å². The Kier molecular flexibility index (Phi) is 1.70. The fourth-order valence-corrected chi connectivity index (χ4v) is 1.75. The average molecular weight is 158 g/mol. The molecule has 0 heterocycles. The average Bonchev–Trinajstić information content (AvgIpc) is 2.13. The van der Waals surface area contributed by atoms with Gasteiger partial charge in [-0.3, -0.25) is 0 Å². The van der Waals surface area contributed by atoms with Crippen molar-refractivity contribution in [3.8, 4) is 0 Å². The molecular formula is C7H10S2. The zero-order valence-corrected chi connectivity index (χ0v) is 7.53. The lowest BCUT2D eigenvalue weighted by Crippen LogP contribution is -2.04. The Morgan fingerprint density at radius 1 is 1.44 bits per heavy atom. The Labute approximate surface area is 65.3 Å². The van der Waals surface area contributed by atoms with E-state index in [2.05, 4.69) is 20.8 Å². The summed E-state index contributed by atoms with van der Waals surface area (Å²) < 4.78 is 1.38. The monoisotopic (exact) mass is 158 g/mol. The first-order chi connectivity index (χ1) is 3.99. The molecule has 1 aromatic rings. The minimum Gasteiger partial charge on any atom is -0.119 e. The summed E-state index contributed by atoms with van der Waals surface area (Å²) in [5, 5.41) is 0. The van der Waals surface area contributed by atoms with Crippen molar-refractivity contribution in [2.45, 2.75) is 30.4 Å². The summed E-state index contributed by atoms with van der Waals surface area (Å²) in [4.78, 5) is 1.30. The van der Waals surface area contributed by atoms with E-state index in [0.717, 1.165) is 4.51 Å². The molecule has 0 saturated heterocycles. The highest BCUT2D eigenvalue weighted by Gasteiger charge is 2.16.